The van der Waals surface area contributed by atoms with E-state index in [0.29, 0.717) is 6.61 Å². The zero-order valence-electron chi connectivity index (χ0n) is 11.1. The fourth-order valence-electron chi connectivity index (χ4n) is 2.28. The van der Waals surface area contributed by atoms with Gasteiger partial charge in [0.25, 0.3) is 0 Å². The third kappa shape index (κ3) is 2.18. The normalized spacial score (nSPS) is 11.9. The Bertz CT molecular complexity index is 639. The van der Waals surface area contributed by atoms with Gasteiger partial charge in [-0.25, -0.2) is 4.79 Å². The highest BCUT2D eigenvalue weighted by Crippen LogP contribution is 2.43. The smallest absolute Gasteiger partial charge is 0.331 e. The van der Waals surface area contributed by atoms with Crippen molar-refractivity contribution in [2.24, 2.45) is 0 Å². The van der Waals surface area contributed by atoms with Crippen LogP contribution in [0.4, 0.5) is 0 Å². The van der Waals surface area contributed by atoms with Gasteiger partial charge in [-0.15, -0.1) is 0 Å². The molecule has 0 atom stereocenters. The van der Waals surface area contributed by atoms with Gasteiger partial charge >= 0.3 is 5.97 Å². The van der Waals surface area contributed by atoms with Crippen molar-refractivity contribution in [3.63, 3.8) is 0 Å². The van der Waals surface area contributed by atoms with Gasteiger partial charge in [-0.2, -0.15) is 0 Å². The van der Waals surface area contributed by atoms with Crippen molar-refractivity contribution < 1.29 is 14.3 Å². The van der Waals surface area contributed by atoms with Crippen molar-refractivity contribution in [1.29, 1.82) is 0 Å². The highest BCUT2D eigenvalue weighted by Gasteiger charge is 2.21. The minimum absolute atomic E-state index is 0.339. The number of para-hydroxylation sites is 2. The lowest BCUT2D eigenvalue weighted by molar-refractivity contribution is -0.137. The van der Waals surface area contributed by atoms with Crippen LogP contribution in [0.1, 0.15) is 18.1 Å². The van der Waals surface area contributed by atoms with E-state index < -0.39 is 0 Å². The van der Waals surface area contributed by atoms with Gasteiger partial charge in [0.1, 0.15) is 11.5 Å². The van der Waals surface area contributed by atoms with E-state index in [0.717, 1.165) is 28.2 Å². The Hall–Kier alpha value is -2.55. The topological polar surface area (TPSA) is 35.5 Å². The lowest BCUT2D eigenvalue weighted by Crippen LogP contribution is -2.06. The first-order chi connectivity index (χ1) is 9.79. The van der Waals surface area contributed by atoms with Crippen molar-refractivity contribution in [3.8, 4) is 11.5 Å². The van der Waals surface area contributed by atoms with E-state index in [1.807, 2.05) is 48.5 Å². The average molecular weight is 266 g/mol. The number of benzene rings is 2. The first-order valence-corrected chi connectivity index (χ1v) is 6.54. The molecular formula is C17H14O3. The maximum Gasteiger partial charge on any atom is 0.331 e. The summed E-state index contributed by atoms with van der Waals surface area (Å²) in [5.41, 5.74) is 2.64. The molecule has 0 saturated heterocycles. The summed E-state index contributed by atoms with van der Waals surface area (Å²) < 4.78 is 10.9. The predicted octanol–water partition coefficient (Wildman–Crippen LogP) is 3.79. The maximum absolute atomic E-state index is 11.8. The zero-order chi connectivity index (χ0) is 13.9. The highest BCUT2D eigenvalue weighted by molar-refractivity contribution is 5.99. The van der Waals surface area contributed by atoms with Crippen LogP contribution in [0.25, 0.3) is 5.57 Å². The van der Waals surface area contributed by atoms with Gasteiger partial charge in [0.05, 0.1) is 6.61 Å². The summed E-state index contributed by atoms with van der Waals surface area (Å²) in [5.74, 6) is 1.16. The molecule has 0 N–H and O–H groups in total. The van der Waals surface area contributed by atoms with Crippen LogP contribution in [0, 0.1) is 0 Å². The van der Waals surface area contributed by atoms with Crippen LogP contribution in [0.2, 0.25) is 0 Å². The van der Waals surface area contributed by atoms with E-state index in [-0.39, 0.29) is 5.97 Å². The Kier molecular flexibility index (Phi) is 3.25. The molecule has 20 heavy (non-hydrogen) atoms. The van der Waals surface area contributed by atoms with E-state index in [2.05, 4.69) is 0 Å². The Morgan fingerprint density at radius 3 is 2.15 bits per heavy atom. The van der Waals surface area contributed by atoms with Crippen LogP contribution in [0.15, 0.2) is 54.6 Å². The molecule has 0 amide bonds. The van der Waals surface area contributed by atoms with Crippen molar-refractivity contribution in [2.45, 2.75) is 6.92 Å². The number of ether oxygens (including phenoxy) is 2. The zero-order valence-corrected chi connectivity index (χ0v) is 11.1. The molecule has 0 saturated carbocycles. The van der Waals surface area contributed by atoms with Gasteiger partial charge in [-0.05, 0) is 19.1 Å². The number of rotatable bonds is 2. The van der Waals surface area contributed by atoms with Crippen molar-refractivity contribution >= 4 is 11.5 Å². The summed E-state index contributed by atoms with van der Waals surface area (Å²) in [6, 6.07) is 15.3. The molecule has 0 fully saturated rings. The van der Waals surface area contributed by atoms with Crippen LogP contribution in [-0.2, 0) is 9.53 Å². The first kappa shape index (κ1) is 12.5. The Labute approximate surface area is 117 Å². The fourth-order valence-corrected chi connectivity index (χ4v) is 2.28. The quantitative estimate of drug-likeness (QED) is 0.523. The maximum atomic E-state index is 11.8. The summed E-state index contributed by atoms with van der Waals surface area (Å²) >= 11 is 0. The Morgan fingerprint density at radius 1 is 1.05 bits per heavy atom. The molecule has 3 nitrogen and oxygen atoms in total. The first-order valence-electron chi connectivity index (χ1n) is 6.54. The summed E-state index contributed by atoms with van der Waals surface area (Å²) in [5, 5.41) is 0. The van der Waals surface area contributed by atoms with Gasteiger partial charge in [0.15, 0.2) is 0 Å². The SMILES string of the molecule is CCOC(=O)C=C1c2ccccc2Oc2ccccc21. The standard InChI is InChI=1S/C17H14O3/c1-2-19-17(18)11-14-12-7-3-5-9-15(12)20-16-10-6-4-8-13(14)16/h3-11H,2H2,1H3. The molecule has 1 heterocycles. The van der Waals surface area contributed by atoms with Gasteiger partial charge in [0, 0.05) is 22.8 Å². The third-order valence-corrected chi connectivity index (χ3v) is 3.12. The van der Waals surface area contributed by atoms with Crippen LogP contribution < -0.4 is 4.74 Å². The van der Waals surface area contributed by atoms with E-state index in [4.69, 9.17) is 9.47 Å². The summed E-state index contributed by atoms with van der Waals surface area (Å²) in [4.78, 5) is 11.8. The molecule has 1 aliphatic rings. The molecule has 2 aromatic carbocycles. The van der Waals surface area contributed by atoms with Crippen molar-refractivity contribution in [1.82, 2.24) is 0 Å². The molecular weight excluding hydrogens is 252 g/mol. The van der Waals surface area contributed by atoms with E-state index in [1.54, 1.807) is 6.92 Å². The van der Waals surface area contributed by atoms with Crippen molar-refractivity contribution in [3.05, 3.63) is 65.7 Å². The Balaban J connectivity index is 2.15. The summed E-state index contributed by atoms with van der Waals surface area (Å²) in [7, 11) is 0. The number of carbonyl (C=O) groups is 1. The molecule has 0 unspecified atom stereocenters. The largest absolute Gasteiger partial charge is 0.463 e. The molecule has 3 heteroatoms. The highest BCUT2D eigenvalue weighted by atomic mass is 16.5. The second-order valence-corrected chi connectivity index (χ2v) is 4.40. The van der Waals surface area contributed by atoms with Crippen LogP contribution in [0.3, 0.4) is 0 Å². The third-order valence-electron chi connectivity index (χ3n) is 3.12. The molecule has 0 bridgehead atoms. The minimum atomic E-state index is -0.339. The summed E-state index contributed by atoms with van der Waals surface area (Å²) in [6.45, 7) is 2.16. The molecule has 2 aromatic rings. The van der Waals surface area contributed by atoms with Gasteiger partial charge < -0.3 is 9.47 Å². The summed E-state index contributed by atoms with van der Waals surface area (Å²) in [6.07, 6.45) is 1.53. The average Bonchev–Trinajstić information content (AvgIpc) is 2.47. The second-order valence-electron chi connectivity index (χ2n) is 4.40. The van der Waals surface area contributed by atoms with Gasteiger partial charge in [-0.1, -0.05) is 36.4 Å². The number of fused-ring (bicyclic) bond motifs is 2. The number of hydrogen-bond donors (Lipinski definition) is 0. The number of hydrogen-bond acceptors (Lipinski definition) is 3. The van der Waals surface area contributed by atoms with E-state index in [9.17, 15) is 4.79 Å². The predicted molar refractivity (Wildman–Crippen MR) is 76.7 cm³/mol. The molecule has 100 valence electrons. The molecule has 0 aromatic heterocycles. The lowest BCUT2D eigenvalue weighted by atomic mass is 9.94. The van der Waals surface area contributed by atoms with Crippen LogP contribution in [0.5, 0.6) is 11.5 Å². The van der Waals surface area contributed by atoms with Crippen LogP contribution >= 0.6 is 0 Å². The molecule has 0 aliphatic carbocycles. The molecule has 3 rings (SSSR count). The second kappa shape index (κ2) is 5.21. The van der Waals surface area contributed by atoms with E-state index >= 15 is 0 Å². The molecule has 0 radical (unpaired) electrons. The lowest BCUT2D eigenvalue weighted by Gasteiger charge is -2.22. The monoisotopic (exact) mass is 266 g/mol. The van der Waals surface area contributed by atoms with Gasteiger partial charge in [-0.3, -0.25) is 0 Å². The number of esters is 1. The minimum Gasteiger partial charge on any atom is -0.463 e. The van der Waals surface area contributed by atoms with E-state index in [1.165, 1.54) is 6.08 Å². The molecule has 1 aliphatic heterocycles. The fraction of sp³-hybridized carbons (Fsp3) is 0.118. The van der Waals surface area contributed by atoms with Crippen molar-refractivity contribution in [2.75, 3.05) is 6.61 Å². The molecule has 0 spiro atoms. The van der Waals surface area contributed by atoms with Gasteiger partial charge in [0.2, 0.25) is 0 Å². The van der Waals surface area contributed by atoms with Crippen LogP contribution in [-0.4, -0.2) is 12.6 Å². The Morgan fingerprint density at radius 2 is 1.60 bits per heavy atom. The number of carbonyl (C=O) groups excluding carboxylic acids is 1.